The average molecular weight is 818 g/mol. The maximum atomic E-state index is 12.3. The molecule has 0 fully saturated rings. The minimum absolute atomic E-state index is 0.944. The smallest absolute Gasteiger partial charge is 0.338 e. The number of halogens is 9. The fourth-order valence-electron chi connectivity index (χ4n) is 4.37. The Morgan fingerprint density at radius 2 is 0.435 bits per heavy atom. The van der Waals surface area contributed by atoms with Gasteiger partial charge in [0.2, 0.25) is 0 Å². The molecular weight excluding hydrogens is 811 g/mol. The average Bonchev–Trinajstić information content (AvgIpc) is 2.86. The van der Waals surface area contributed by atoms with E-state index >= 15 is 0 Å². The number of rotatable bonds is 9. The Morgan fingerprint density at radius 3 is 0.543 bits per heavy atom. The standard InChI is InChI=1S/C25H7Cl9O12/c26-11-2(12(27)6(21(37)38)17(32)5(11)20(35)36)1(3-13(28)7(22(39)40)18(33)8(14(3)29)23(41)42)4-15(30)9(24(43)44)19(34)10(16(4)31)25(45)46/h1H,(H,35,36)(H,37,38)(H,39,40)(H,41,42)(H,43,44)(H,45,46). The van der Waals surface area contributed by atoms with Crippen LogP contribution in [0.1, 0.15) is 84.8 Å². The lowest BCUT2D eigenvalue weighted by Gasteiger charge is -2.29. The summed E-state index contributed by atoms with van der Waals surface area (Å²) >= 11 is 56.7. The Morgan fingerprint density at radius 1 is 0.304 bits per heavy atom. The molecule has 3 rings (SSSR count). The Hall–Kier alpha value is -2.91. The van der Waals surface area contributed by atoms with Crippen molar-refractivity contribution in [3.8, 4) is 0 Å². The summed E-state index contributed by atoms with van der Waals surface area (Å²) in [5.74, 6) is -14.2. The zero-order valence-electron chi connectivity index (χ0n) is 21.1. The van der Waals surface area contributed by atoms with Crippen molar-refractivity contribution >= 4 is 140 Å². The Labute approximate surface area is 299 Å². The fraction of sp³-hybridized carbons (Fsp3) is 0.0400. The van der Waals surface area contributed by atoms with Gasteiger partial charge in [0.05, 0.1) is 78.6 Å². The molecule has 6 N–H and O–H groups in total. The van der Waals surface area contributed by atoms with Crippen LogP contribution in [0.4, 0.5) is 0 Å². The lowest BCUT2D eigenvalue weighted by molar-refractivity contribution is 0.0677. The molecule has 0 aliphatic rings. The highest BCUT2D eigenvalue weighted by Crippen LogP contribution is 2.55. The van der Waals surface area contributed by atoms with Gasteiger partial charge in [-0.05, 0) is 0 Å². The van der Waals surface area contributed by atoms with Gasteiger partial charge < -0.3 is 30.6 Å². The van der Waals surface area contributed by atoms with Crippen LogP contribution in [-0.2, 0) is 0 Å². The molecule has 242 valence electrons. The van der Waals surface area contributed by atoms with E-state index in [1.54, 1.807) is 0 Å². The first-order chi connectivity index (χ1) is 21.1. The third-order valence-corrected chi connectivity index (χ3v) is 9.69. The van der Waals surface area contributed by atoms with Gasteiger partial charge in [0.1, 0.15) is 0 Å². The Kier molecular flexibility index (Phi) is 11.2. The van der Waals surface area contributed by atoms with Crippen molar-refractivity contribution in [1.29, 1.82) is 0 Å². The highest BCUT2D eigenvalue weighted by Gasteiger charge is 2.42. The van der Waals surface area contributed by atoms with E-state index in [-0.39, 0.29) is 0 Å². The van der Waals surface area contributed by atoms with Crippen molar-refractivity contribution < 1.29 is 59.4 Å². The third-order valence-electron chi connectivity index (χ3n) is 6.20. The molecule has 0 heterocycles. The molecule has 0 radical (unpaired) electrons. The van der Waals surface area contributed by atoms with E-state index < -0.39 is 137 Å². The molecule has 0 bridgehead atoms. The minimum Gasteiger partial charge on any atom is -0.478 e. The third kappa shape index (κ3) is 5.98. The fourth-order valence-corrected chi connectivity index (χ4v) is 8.13. The number of benzene rings is 3. The van der Waals surface area contributed by atoms with Crippen LogP contribution in [0.2, 0.25) is 45.2 Å². The van der Waals surface area contributed by atoms with Crippen LogP contribution in [0, 0.1) is 0 Å². The lowest BCUT2D eigenvalue weighted by atomic mass is 9.80. The molecule has 3 aromatic carbocycles. The van der Waals surface area contributed by atoms with E-state index in [0.29, 0.717) is 0 Å². The maximum Gasteiger partial charge on any atom is 0.338 e. The zero-order valence-corrected chi connectivity index (χ0v) is 27.9. The predicted octanol–water partition coefficient (Wildman–Crippen LogP) is 8.94. The summed E-state index contributed by atoms with van der Waals surface area (Å²) in [6, 6.07) is 0. The van der Waals surface area contributed by atoms with E-state index in [1.165, 1.54) is 0 Å². The predicted molar refractivity (Wildman–Crippen MR) is 167 cm³/mol. The van der Waals surface area contributed by atoms with Gasteiger partial charge in [-0.3, -0.25) is 0 Å². The Bertz CT molecular complexity index is 1630. The summed E-state index contributed by atoms with van der Waals surface area (Å²) in [6.45, 7) is 0. The van der Waals surface area contributed by atoms with Crippen molar-refractivity contribution in [2.75, 3.05) is 0 Å². The second-order valence-electron chi connectivity index (χ2n) is 8.58. The van der Waals surface area contributed by atoms with Gasteiger partial charge in [-0.2, -0.15) is 0 Å². The SMILES string of the molecule is O=C(O)c1c(Cl)c(C(=O)O)c(Cl)c(C(c2c(Cl)c(C(=O)O)c(Cl)c(C(=O)O)c2Cl)c2c(Cl)c(C(=O)O)c(Cl)c(C(=O)O)c2Cl)c1Cl. The van der Waals surface area contributed by atoms with Gasteiger partial charge in [0.25, 0.3) is 0 Å². The van der Waals surface area contributed by atoms with Crippen molar-refractivity contribution in [1.82, 2.24) is 0 Å². The van der Waals surface area contributed by atoms with E-state index in [0.717, 1.165) is 0 Å². The van der Waals surface area contributed by atoms with E-state index in [1.807, 2.05) is 0 Å². The molecule has 0 atom stereocenters. The first kappa shape index (κ1) is 37.5. The van der Waals surface area contributed by atoms with Gasteiger partial charge in [-0.15, -0.1) is 0 Å². The molecule has 0 aromatic heterocycles. The van der Waals surface area contributed by atoms with Crippen molar-refractivity contribution in [3.63, 3.8) is 0 Å². The van der Waals surface area contributed by atoms with Crippen molar-refractivity contribution in [2.45, 2.75) is 5.92 Å². The first-order valence-electron chi connectivity index (χ1n) is 11.1. The number of carboxylic acids is 6. The summed E-state index contributed by atoms with van der Waals surface area (Å²) < 4.78 is 0. The number of aromatic carboxylic acids is 6. The molecule has 0 saturated carbocycles. The van der Waals surface area contributed by atoms with Crippen LogP contribution in [-0.4, -0.2) is 66.5 Å². The molecule has 0 unspecified atom stereocenters. The van der Waals surface area contributed by atoms with Gasteiger partial charge in [0, 0.05) is 22.6 Å². The zero-order chi connectivity index (χ0) is 35.4. The van der Waals surface area contributed by atoms with E-state index in [9.17, 15) is 59.4 Å². The maximum absolute atomic E-state index is 12.3. The second-order valence-corrected chi connectivity index (χ2v) is 12.0. The van der Waals surface area contributed by atoms with Gasteiger partial charge in [-0.1, -0.05) is 104 Å². The lowest BCUT2D eigenvalue weighted by Crippen LogP contribution is -2.19. The normalized spacial score (nSPS) is 11.1. The minimum atomic E-state index is -2.38. The van der Waals surface area contributed by atoms with Gasteiger partial charge >= 0.3 is 35.8 Å². The van der Waals surface area contributed by atoms with Crippen LogP contribution in [0.15, 0.2) is 0 Å². The largest absolute Gasteiger partial charge is 0.478 e. The summed E-state index contributed by atoms with van der Waals surface area (Å²) in [7, 11) is 0. The van der Waals surface area contributed by atoms with Crippen LogP contribution in [0.25, 0.3) is 0 Å². The van der Waals surface area contributed by atoms with Gasteiger partial charge in [0.15, 0.2) is 0 Å². The molecule has 0 spiro atoms. The number of hydrogen-bond acceptors (Lipinski definition) is 6. The monoisotopic (exact) mass is 814 g/mol. The van der Waals surface area contributed by atoms with Crippen LogP contribution in [0.5, 0.6) is 0 Å². The van der Waals surface area contributed by atoms with Gasteiger partial charge in [-0.25, -0.2) is 28.8 Å². The molecule has 12 nitrogen and oxygen atoms in total. The number of hydrogen-bond donors (Lipinski definition) is 6. The highest BCUT2D eigenvalue weighted by molar-refractivity contribution is 6.49. The number of carbonyl (C=O) groups is 6. The topological polar surface area (TPSA) is 224 Å². The quantitative estimate of drug-likeness (QED) is 0.111. The van der Waals surface area contributed by atoms with Crippen molar-refractivity contribution in [2.24, 2.45) is 0 Å². The summed E-state index contributed by atoms with van der Waals surface area (Å²) in [5.41, 5.74) is -9.74. The highest BCUT2D eigenvalue weighted by atomic mass is 35.5. The second kappa shape index (κ2) is 13.7. The van der Waals surface area contributed by atoms with Crippen LogP contribution >= 0.6 is 104 Å². The molecule has 0 aliphatic carbocycles. The molecular formula is C25H7Cl9O12. The number of carboxylic acid groups (broad SMARTS) is 6. The molecule has 21 heteroatoms. The van der Waals surface area contributed by atoms with E-state index in [4.69, 9.17) is 104 Å². The molecule has 0 saturated heterocycles. The van der Waals surface area contributed by atoms with Crippen LogP contribution < -0.4 is 0 Å². The summed E-state index contributed by atoms with van der Waals surface area (Å²) in [5, 5.41) is 50.0. The summed E-state index contributed by atoms with van der Waals surface area (Å²) in [4.78, 5) is 73.5. The van der Waals surface area contributed by atoms with Crippen molar-refractivity contribution in [3.05, 3.63) is 95.3 Å². The Balaban J connectivity index is 2.97. The van der Waals surface area contributed by atoms with E-state index in [2.05, 4.69) is 0 Å². The summed E-state index contributed by atoms with van der Waals surface area (Å²) in [6.07, 6.45) is 0. The molecule has 0 aliphatic heterocycles. The molecule has 46 heavy (non-hydrogen) atoms. The first-order valence-corrected chi connectivity index (χ1v) is 14.5. The molecule has 3 aromatic rings. The van der Waals surface area contributed by atoms with Crippen LogP contribution in [0.3, 0.4) is 0 Å². The molecule has 0 amide bonds.